The number of benzene rings is 1. The molecule has 14 heavy (non-hydrogen) atoms. The molecule has 0 radical (unpaired) electrons. The highest BCUT2D eigenvalue weighted by molar-refractivity contribution is 9.10. The van der Waals surface area contributed by atoms with E-state index in [0.29, 0.717) is 0 Å². The third-order valence-electron chi connectivity index (χ3n) is 1.73. The predicted molar refractivity (Wildman–Crippen MR) is 53.8 cm³/mol. The third-order valence-corrected chi connectivity index (χ3v) is 2.26. The highest BCUT2D eigenvalue weighted by Crippen LogP contribution is 2.23. The number of rotatable bonds is 2. The van der Waals surface area contributed by atoms with Gasteiger partial charge in [-0.1, -0.05) is 28.1 Å². The van der Waals surface area contributed by atoms with E-state index < -0.39 is 11.9 Å². The minimum atomic E-state index is -2.06. The van der Waals surface area contributed by atoms with Gasteiger partial charge in [-0.05, 0) is 19.1 Å². The number of hydrogen-bond donors (Lipinski definition) is 2. The molecule has 5 heteroatoms. The molecule has 0 aliphatic heterocycles. The quantitative estimate of drug-likeness (QED) is 0.805. The first-order valence-electron chi connectivity index (χ1n) is 3.88. The molecule has 0 aliphatic rings. The van der Waals surface area contributed by atoms with Gasteiger partial charge in [0, 0.05) is 10.0 Å². The first-order chi connectivity index (χ1) is 6.42. The molecule has 3 nitrogen and oxygen atoms in total. The molecule has 1 aromatic rings. The molecule has 0 saturated carbocycles. The second-order valence-corrected chi connectivity index (χ2v) is 3.86. The Kier molecular flexibility index (Phi) is 3.10. The summed E-state index contributed by atoms with van der Waals surface area (Å²) in [6.07, 6.45) is -1.39. The highest BCUT2D eigenvalue weighted by Gasteiger charge is 2.27. The van der Waals surface area contributed by atoms with E-state index in [1.54, 1.807) is 17.4 Å². The van der Waals surface area contributed by atoms with Crippen LogP contribution in [0, 0.1) is 0 Å². The van der Waals surface area contributed by atoms with Crippen molar-refractivity contribution in [1.82, 2.24) is 5.32 Å². The number of carboxylic acid groups (broad SMARTS) is 1. The minimum Gasteiger partial charge on any atom is -0.465 e. The topological polar surface area (TPSA) is 49.3 Å². The van der Waals surface area contributed by atoms with Gasteiger partial charge in [0.15, 0.2) is 0 Å². The molecule has 1 amide bonds. The highest BCUT2D eigenvalue weighted by atomic mass is 79.9. The number of carbonyl (C=O) groups is 1. The van der Waals surface area contributed by atoms with Crippen LogP contribution >= 0.6 is 15.9 Å². The van der Waals surface area contributed by atoms with Gasteiger partial charge in [0.2, 0.25) is 5.79 Å². The van der Waals surface area contributed by atoms with Crippen molar-refractivity contribution in [3.05, 3.63) is 34.3 Å². The van der Waals surface area contributed by atoms with Crippen LogP contribution in [0.2, 0.25) is 0 Å². The summed E-state index contributed by atoms with van der Waals surface area (Å²) in [7, 11) is 0. The second kappa shape index (κ2) is 3.96. The molecule has 0 aliphatic carbocycles. The van der Waals surface area contributed by atoms with E-state index in [2.05, 4.69) is 15.9 Å². The standard InChI is InChI=1S/C9H9BrFNO2/c1-9(11,12-8(13)14)6-2-4-7(10)5-3-6/h2-5,12H,1H3,(H,13,14). The first kappa shape index (κ1) is 11.0. The van der Waals surface area contributed by atoms with Gasteiger partial charge in [-0.2, -0.15) is 0 Å². The van der Waals surface area contributed by atoms with Crippen molar-refractivity contribution >= 4 is 22.0 Å². The number of halogens is 2. The van der Waals surface area contributed by atoms with Crippen molar-refractivity contribution in [2.75, 3.05) is 0 Å². The molecule has 1 atom stereocenters. The van der Waals surface area contributed by atoms with Crippen molar-refractivity contribution in [2.45, 2.75) is 12.7 Å². The summed E-state index contributed by atoms with van der Waals surface area (Å²) in [5.74, 6) is -2.06. The van der Waals surface area contributed by atoms with Crippen molar-refractivity contribution in [3.63, 3.8) is 0 Å². The van der Waals surface area contributed by atoms with E-state index in [1.807, 2.05) is 0 Å². The third kappa shape index (κ3) is 2.70. The van der Waals surface area contributed by atoms with Crippen molar-refractivity contribution < 1.29 is 14.3 Å². The van der Waals surface area contributed by atoms with Gasteiger partial charge < -0.3 is 5.11 Å². The summed E-state index contributed by atoms with van der Waals surface area (Å²) in [6, 6.07) is 6.33. The fraction of sp³-hybridized carbons (Fsp3) is 0.222. The van der Waals surface area contributed by atoms with Gasteiger partial charge in [0.1, 0.15) is 0 Å². The van der Waals surface area contributed by atoms with Gasteiger partial charge in [0.05, 0.1) is 0 Å². The van der Waals surface area contributed by atoms with Crippen LogP contribution in [0.3, 0.4) is 0 Å². The SMILES string of the molecule is CC(F)(NC(=O)O)c1ccc(Br)cc1. The molecule has 0 spiro atoms. The summed E-state index contributed by atoms with van der Waals surface area (Å²) in [5.41, 5.74) is 0.267. The summed E-state index contributed by atoms with van der Waals surface area (Å²) in [4.78, 5) is 10.3. The van der Waals surface area contributed by atoms with Crippen LogP contribution in [-0.2, 0) is 5.79 Å². The van der Waals surface area contributed by atoms with Crippen LogP contribution in [0.5, 0.6) is 0 Å². The number of amides is 1. The largest absolute Gasteiger partial charge is 0.465 e. The molecule has 1 unspecified atom stereocenters. The van der Waals surface area contributed by atoms with E-state index >= 15 is 0 Å². The van der Waals surface area contributed by atoms with E-state index in [1.165, 1.54) is 12.1 Å². The van der Waals surface area contributed by atoms with Gasteiger partial charge >= 0.3 is 6.09 Å². The molecular formula is C9H9BrFNO2. The van der Waals surface area contributed by atoms with Crippen molar-refractivity contribution in [3.8, 4) is 0 Å². The lowest BCUT2D eigenvalue weighted by atomic mass is 10.1. The zero-order valence-corrected chi connectivity index (χ0v) is 9.01. The normalized spacial score (nSPS) is 14.5. The lowest BCUT2D eigenvalue weighted by molar-refractivity contribution is 0.119. The Morgan fingerprint density at radius 3 is 2.43 bits per heavy atom. The molecule has 1 rings (SSSR count). The Bertz CT molecular complexity index is 337. The Labute approximate surface area is 89.1 Å². The predicted octanol–water partition coefficient (Wildman–Crippen LogP) is 2.86. The summed E-state index contributed by atoms with van der Waals surface area (Å²) < 4.78 is 14.5. The summed E-state index contributed by atoms with van der Waals surface area (Å²) in [6.45, 7) is 1.16. The first-order valence-corrected chi connectivity index (χ1v) is 4.67. The maximum atomic E-state index is 13.7. The Balaban J connectivity index is 2.91. The molecule has 0 saturated heterocycles. The zero-order valence-electron chi connectivity index (χ0n) is 7.42. The smallest absolute Gasteiger partial charge is 0.407 e. The van der Waals surface area contributed by atoms with E-state index in [9.17, 15) is 9.18 Å². The van der Waals surface area contributed by atoms with E-state index in [-0.39, 0.29) is 5.56 Å². The van der Waals surface area contributed by atoms with Crippen molar-refractivity contribution in [2.24, 2.45) is 0 Å². The lowest BCUT2D eigenvalue weighted by Crippen LogP contribution is -2.38. The van der Waals surface area contributed by atoms with Crippen LogP contribution in [0.4, 0.5) is 9.18 Å². The lowest BCUT2D eigenvalue weighted by Gasteiger charge is -2.20. The van der Waals surface area contributed by atoms with E-state index in [0.717, 1.165) is 11.4 Å². The van der Waals surface area contributed by atoms with E-state index in [4.69, 9.17) is 5.11 Å². The maximum Gasteiger partial charge on any atom is 0.407 e. The van der Waals surface area contributed by atoms with Gasteiger partial charge in [0.25, 0.3) is 0 Å². The minimum absolute atomic E-state index is 0.267. The Morgan fingerprint density at radius 1 is 1.50 bits per heavy atom. The van der Waals surface area contributed by atoms with Gasteiger partial charge in [-0.25, -0.2) is 9.18 Å². The Hall–Kier alpha value is -1.10. The second-order valence-electron chi connectivity index (χ2n) is 2.94. The van der Waals surface area contributed by atoms with Crippen molar-refractivity contribution in [1.29, 1.82) is 0 Å². The van der Waals surface area contributed by atoms with Crippen LogP contribution in [-0.4, -0.2) is 11.2 Å². The van der Waals surface area contributed by atoms with Gasteiger partial charge in [-0.3, -0.25) is 5.32 Å². The molecular weight excluding hydrogens is 253 g/mol. The number of hydrogen-bond acceptors (Lipinski definition) is 1. The monoisotopic (exact) mass is 261 g/mol. The number of alkyl halides is 1. The molecule has 0 heterocycles. The van der Waals surface area contributed by atoms with Crippen LogP contribution < -0.4 is 5.32 Å². The zero-order chi connectivity index (χ0) is 10.8. The molecule has 0 fully saturated rings. The fourth-order valence-corrected chi connectivity index (χ4v) is 1.30. The molecule has 1 aromatic carbocycles. The molecule has 0 bridgehead atoms. The maximum absolute atomic E-state index is 13.7. The summed E-state index contributed by atoms with van der Waals surface area (Å²) in [5, 5.41) is 10.2. The molecule has 76 valence electrons. The average Bonchev–Trinajstić information content (AvgIpc) is 2.02. The van der Waals surface area contributed by atoms with Crippen LogP contribution in [0.25, 0.3) is 0 Å². The Morgan fingerprint density at radius 2 is 2.00 bits per heavy atom. The average molecular weight is 262 g/mol. The molecule has 2 N–H and O–H groups in total. The fourth-order valence-electron chi connectivity index (χ4n) is 1.04. The van der Waals surface area contributed by atoms with Crippen LogP contribution in [0.15, 0.2) is 28.7 Å². The molecule has 0 aromatic heterocycles. The summed E-state index contributed by atoms with van der Waals surface area (Å²) >= 11 is 3.20. The van der Waals surface area contributed by atoms with Gasteiger partial charge in [-0.15, -0.1) is 0 Å². The number of nitrogens with one attached hydrogen (secondary N) is 1. The van der Waals surface area contributed by atoms with Crippen LogP contribution in [0.1, 0.15) is 12.5 Å².